The molecule has 1 rings (SSSR count). The van der Waals surface area contributed by atoms with Gasteiger partial charge in [-0.05, 0) is 30.7 Å². The predicted octanol–water partition coefficient (Wildman–Crippen LogP) is 2.14. The van der Waals surface area contributed by atoms with Crippen LogP contribution >= 0.6 is 11.6 Å². The van der Waals surface area contributed by atoms with Gasteiger partial charge in [0.05, 0.1) is 6.61 Å². The average molecular weight is 318 g/mol. The molecular formula is C13H16ClNO4S. The van der Waals surface area contributed by atoms with E-state index in [4.69, 9.17) is 16.3 Å². The van der Waals surface area contributed by atoms with E-state index < -0.39 is 16.0 Å². The summed E-state index contributed by atoms with van der Waals surface area (Å²) in [7, 11) is -2.35. The van der Waals surface area contributed by atoms with E-state index in [1.807, 2.05) is 0 Å². The summed E-state index contributed by atoms with van der Waals surface area (Å²) >= 11 is 5.74. The average Bonchev–Trinajstić information content (AvgIpc) is 2.38. The van der Waals surface area contributed by atoms with E-state index in [2.05, 4.69) is 0 Å². The third-order valence-electron chi connectivity index (χ3n) is 2.39. The van der Waals surface area contributed by atoms with Gasteiger partial charge in [0.25, 0.3) is 0 Å². The summed E-state index contributed by atoms with van der Waals surface area (Å²) in [6.45, 7) is 1.56. The first-order valence-corrected chi connectivity index (χ1v) is 7.79. The Labute approximate surface area is 123 Å². The second-order valence-electron chi connectivity index (χ2n) is 3.96. The van der Waals surface area contributed by atoms with Gasteiger partial charge in [-0.1, -0.05) is 23.7 Å². The molecule has 7 heteroatoms. The van der Waals surface area contributed by atoms with Gasteiger partial charge in [0.2, 0.25) is 10.0 Å². The second-order valence-corrected chi connectivity index (χ2v) is 6.32. The first-order chi connectivity index (χ1) is 9.35. The van der Waals surface area contributed by atoms with Crippen molar-refractivity contribution in [3.63, 3.8) is 0 Å². The molecule has 0 bridgehead atoms. The van der Waals surface area contributed by atoms with Crippen LogP contribution in [0.4, 0.5) is 0 Å². The highest BCUT2D eigenvalue weighted by Crippen LogP contribution is 2.12. The lowest BCUT2D eigenvalue weighted by Gasteiger charge is -2.13. The Hall–Kier alpha value is -1.37. The molecule has 0 N–H and O–H groups in total. The van der Waals surface area contributed by atoms with Crippen LogP contribution in [0, 0.1) is 0 Å². The zero-order chi connectivity index (χ0) is 15.2. The number of nitrogens with zero attached hydrogens (tertiary/aromatic N) is 1. The van der Waals surface area contributed by atoms with Gasteiger partial charge in [0.1, 0.15) is 6.54 Å². The number of ether oxygens (including phenoxy) is 1. The van der Waals surface area contributed by atoms with Gasteiger partial charge in [-0.15, -0.1) is 0 Å². The topological polar surface area (TPSA) is 63.7 Å². The largest absolute Gasteiger partial charge is 0.465 e. The van der Waals surface area contributed by atoms with Crippen molar-refractivity contribution in [3.8, 4) is 0 Å². The Morgan fingerprint density at radius 3 is 2.50 bits per heavy atom. The van der Waals surface area contributed by atoms with Crippen LogP contribution in [0.5, 0.6) is 0 Å². The SMILES string of the molecule is CCOC(=O)CN(C)S(=O)(=O)C=Cc1ccc(Cl)cc1. The van der Waals surface area contributed by atoms with Gasteiger partial charge >= 0.3 is 5.97 Å². The number of carbonyl (C=O) groups excluding carboxylic acids is 1. The van der Waals surface area contributed by atoms with Crippen LogP contribution in [0.1, 0.15) is 12.5 Å². The molecule has 0 aliphatic heterocycles. The smallest absolute Gasteiger partial charge is 0.321 e. The van der Waals surface area contributed by atoms with Crippen LogP contribution in [0.15, 0.2) is 29.7 Å². The third kappa shape index (κ3) is 5.32. The molecule has 20 heavy (non-hydrogen) atoms. The van der Waals surface area contributed by atoms with Crippen LogP contribution < -0.4 is 0 Å². The first kappa shape index (κ1) is 16.7. The molecule has 0 saturated heterocycles. The lowest BCUT2D eigenvalue weighted by molar-refractivity contribution is -0.143. The summed E-state index contributed by atoms with van der Waals surface area (Å²) in [6, 6.07) is 6.71. The molecule has 0 aliphatic carbocycles. The highest BCUT2D eigenvalue weighted by molar-refractivity contribution is 7.92. The minimum absolute atomic E-state index is 0.216. The molecule has 0 spiro atoms. The molecule has 5 nitrogen and oxygen atoms in total. The summed E-state index contributed by atoms with van der Waals surface area (Å²) in [6.07, 6.45) is 1.44. The van der Waals surface area contributed by atoms with Crippen LogP contribution in [0.25, 0.3) is 6.08 Å². The van der Waals surface area contributed by atoms with Crippen molar-refractivity contribution in [3.05, 3.63) is 40.3 Å². The molecule has 0 saturated carbocycles. The number of carbonyl (C=O) groups is 1. The normalized spacial score (nSPS) is 12.0. The Morgan fingerprint density at radius 2 is 1.95 bits per heavy atom. The summed E-state index contributed by atoms with van der Waals surface area (Å²) in [5, 5.41) is 1.61. The van der Waals surface area contributed by atoms with E-state index in [9.17, 15) is 13.2 Å². The van der Waals surface area contributed by atoms with E-state index >= 15 is 0 Å². The van der Waals surface area contributed by atoms with Crippen molar-refractivity contribution in [2.45, 2.75) is 6.92 Å². The van der Waals surface area contributed by atoms with Crippen molar-refractivity contribution in [2.75, 3.05) is 20.2 Å². The Morgan fingerprint density at radius 1 is 1.35 bits per heavy atom. The van der Waals surface area contributed by atoms with Crippen molar-refractivity contribution >= 4 is 33.7 Å². The number of esters is 1. The maximum Gasteiger partial charge on any atom is 0.321 e. The van der Waals surface area contributed by atoms with Crippen LogP contribution in [-0.2, 0) is 19.6 Å². The van der Waals surface area contributed by atoms with Gasteiger partial charge in [-0.3, -0.25) is 4.79 Å². The summed E-state index contributed by atoms with van der Waals surface area (Å²) in [4.78, 5) is 11.2. The van der Waals surface area contributed by atoms with Crippen LogP contribution in [0.2, 0.25) is 5.02 Å². The molecule has 0 heterocycles. The lowest BCUT2D eigenvalue weighted by atomic mass is 10.2. The fourth-order valence-electron chi connectivity index (χ4n) is 1.32. The molecule has 0 aliphatic rings. The minimum atomic E-state index is -3.66. The summed E-state index contributed by atoms with van der Waals surface area (Å²) < 4.78 is 29.5. The fraction of sp³-hybridized carbons (Fsp3) is 0.308. The van der Waals surface area contributed by atoms with E-state index in [0.717, 1.165) is 9.71 Å². The Bertz CT molecular complexity index is 581. The number of hydrogen-bond donors (Lipinski definition) is 0. The summed E-state index contributed by atoms with van der Waals surface area (Å²) in [5.74, 6) is -0.585. The molecule has 0 radical (unpaired) electrons. The molecule has 0 fully saturated rings. The van der Waals surface area contributed by atoms with E-state index in [-0.39, 0.29) is 13.2 Å². The zero-order valence-electron chi connectivity index (χ0n) is 11.2. The molecule has 0 atom stereocenters. The minimum Gasteiger partial charge on any atom is -0.465 e. The Balaban J connectivity index is 2.73. The maximum atomic E-state index is 11.9. The van der Waals surface area contributed by atoms with Crippen molar-refractivity contribution in [1.82, 2.24) is 4.31 Å². The van der Waals surface area contributed by atoms with Gasteiger partial charge in [-0.2, -0.15) is 4.31 Å². The number of benzene rings is 1. The molecule has 1 aromatic carbocycles. The number of rotatable bonds is 6. The highest BCUT2D eigenvalue weighted by atomic mass is 35.5. The Kier molecular flexibility index (Phi) is 6.19. The van der Waals surface area contributed by atoms with Crippen molar-refractivity contribution in [1.29, 1.82) is 0 Å². The molecule has 1 aromatic rings. The van der Waals surface area contributed by atoms with Crippen LogP contribution in [0.3, 0.4) is 0 Å². The standard InChI is InChI=1S/C13H16ClNO4S/c1-3-19-13(16)10-15(2)20(17,18)9-8-11-4-6-12(14)7-5-11/h4-9H,3,10H2,1-2H3. The first-order valence-electron chi connectivity index (χ1n) is 5.90. The van der Waals surface area contributed by atoms with Crippen LogP contribution in [-0.4, -0.2) is 38.9 Å². The third-order valence-corrected chi connectivity index (χ3v) is 4.12. The molecule has 110 valence electrons. The molecule has 0 amide bonds. The quantitative estimate of drug-likeness (QED) is 0.754. The number of halogens is 1. The monoisotopic (exact) mass is 317 g/mol. The second kappa shape index (κ2) is 7.42. The van der Waals surface area contributed by atoms with Gasteiger partial charge in [-0.25, -0.2) is 8.42 Å². The van der Waals surface area contributed by atoms with Gasteiger partial charge in [0, 0.05) is 17.5 Å². The summed E-state index contributed by atoms with van der Waals surface area (Å²) in [5.41, 5.74) is 0.697. The fourth-order valence-corrected chi connectivity index (χ4v) is 2.27. The highest BCUT2D eigenvalue weighted by Gasteiger charge is 2.18. The lowest BCUT2D eigenvalue weighted by Crippen LogP contribution is -2.31. The van der Waals surface area contributed by atoms with Gasteiger partial charge < -0.3 is 4.74 Å². The molecular weight excluding hydrogens is 302 g/mol. The number of hydrogen-bond acceptors (Lipinski definition) is 4. The maximum absolute atomic E-state index is 11.9. The molecule has 0 aromatic heterocycles. The zero-order valence-corrected chi connectivity index (χ0v) is 12.8. The van der Waals surface area contributed by atoms with Crippen molar-refractivity contribution < 1.29 is 17.9 Å². The number of sulfonamides is 1. The van der Waals surface area contributed by atoms with Crippen molar-refractivity contribution in [2.24, 2.45) is 0 Å². The van der Waals surface area contributed by atoms with E-state index in [1.54, 1.807) is 31.2 Å². The molecule has 0 unspecified atom stereocenters. The van der Waals surface area contributed by atoms with Gasteiger partial charge in [0.15, 0.2) is 0 Å². The van der Waals surface area contributed by atoms with E-state index in [0.29, 0.717) is 10.6 Å². The van der Waals surface area contributed by atoms with E-state index in [1.165, 1.54) is 13.1 Å². The number of likely N-dealkylation sites (N-methyl/N-ethyl adjacent to an activating group) is 1. The predicted molar refractivity (Wildman–Crippen MR) is 78.7 cm³/mol.